The van der Waals surface area contributed by atoms with E-state index in [2.05, 4.69) is 4.18 Å². The molecule has 3 nitrogen and oxygen atoms in total. The molecular formula is C7H3ClF3IO3S. The van der Waals surface area contributed by atoms with E-state index in [1.807, 2.05) is 22.6 Å². The van der Waals surface area contributed by atoms with E-state index in [1.54, 1.807) is 0 Å². The number of hydrogen-bond acceptors (Lipinski definition) is 3. The standard InChI is InChI=1S/C7H3ClF3IO3S/c8-5-3-4(12)1-2-6(5)15-16(13,14)7(9,10)11/h1-3H. The molecule has 0 heterocycles. The van der Waals surface area contributed by atoms with Crippen LogP contribution in [0.25, 0.3) is 0 Å². The average molecular weight is 387 g/mol. The first kappa shape index (κ1) is 13.8. The Morgan fingerprint density at radius 3 is 2.31 bits per heavy atom. The molecule has 16 heavy (non-hydrogen) atoms. The maximum atomic E-state index is 12.0. The van der Waals surface area contributed by atoms with Crippen LogP contribution in [-0.2, 0) is 10.1 Å². The normalized spacial score (nSPS) is 12.6. The summed E-state index contributed by atoms with van der Waals surface area (Å²) < 4.78 is 61.7. The second-order valence-electron chi connectivity index (χ2n) is 2.56. The zero-order valence-corrected chi connectivity index (χ0v) is 11.0. The molecule has 0 fully saturated rings. The first-order chi connectivity index (χ1) is 7.13. The highest BCUT2D eigenvalue weighted by atomic mass is 127. The third kappa shape index (κ3) is 3.14. The lowest BCUT2D eigenvalue weighted by atomic mass is 10.3. The Labute approximate surface area is 108 Å². The SMILES string of the molecule is O=S(=O)(Oc1ccc(I)cc1Cl)C(F)(F)F. The maximum absolute atomic E-state index is 12.0. The Morgan fingerprint density at radius 1 is 1.31 bits per heavy atom. The molecule has 0 aliphatic heterocycles. The number of hydrogen-bond donors (Lipinski definition) is 0. The molecule has 1 rings (SSSR count). The van der Waals surface area contributed by atoms with Gasteiger partial charge < -0.3 is 4.18 Å². The molecule has 0 spiro atoms. The molecule has 0 aliphatic rings. The van der Waals surface area contributed by atoms with E-state index in [4.69, 9.17) is 11.6 Å². The summed E-state index contributed by atoms with van der Waals surface area (Å²) in [6, 6.07) is 3.70. The summed E-state index contributed by atoms with van der Waals surface area (Å²) in [6.07, 6.45) is 0. The van der Waals surface area contributed by atoms with Gasteiger partial charge in [-0.3, -0.25) is 0 Å². The smallest absolute Gasteiger partial charge is 0.374 e. The summed E-state index contributed by atoms with van der Waals surface area (Å²) in [6.45, 7) is 0. The van der Waals surface area contributed by atoms with Crippen LogP contribution in [0, 0.1) is 3.57 Å². The molecule has 0 saturated carbocycles. The molecule has 0 aliphatic carbocycles. The number of halogens is 5. The maximum Gasteiger partial charge on any atom is 0.534 e. The Kier molecular flexibility index (Phi) is 3.95. The molecule has 0 radical (unpaired) electrons. The van der Waals surface area contributed by atoms with Gasteiger partial charge in [0, 0.05) is 3.57 Å². The summed E-state index contributed by atoms with van der Waals surface area (Å²) in [5.74, 6) is -0.556. The van der Waals surface area contributed by atoms with Crippen LogP contribution in [0.3, 0.4) is 0 Å². The summed E-state index contributed by atoms with van der Waals surface area (Å²) in [5, 5.41) is -0.209. The van der Waals surface area contributed by atoms with E-state index in [1.165, 1.54) is 12.1 Å². The minimum atomic E-state index is -5.67. The second kappa shape index (κ2) is 4.57. The van der Waals surface area contributed by atoms with E-state index in [0.717, 1.165) is 6.07 Å². The minimum absolute atomic E-state index is 0.209. The van der Waals surface area contributed by atoms with E-state index < -0.39 is 21.4 Å². The Balaban J connectivity index is 3.07. The van der Waals surface area contributed by atoms with Crippen LogP contribution >= 0.6 is 34.2 Å². The molecule has 0 N–H and O–H groups in total. The quantitative estimate of drug-likeness (QED) is 0.445. The molecule has 0 amide bonds. The highest BCUT2D eigenvalue weighted by Gasteiger charge is 2.48. The van der Waals surface area contributed by atoms with Crippen molar-refractivity contribution >= 4 is 44.3 Å². The topological polar surface area (TPSA) is 43.4 Å². The first-order valence-electron chi connectivity index (χ1n) is 3.59. The van der Waals surface area contributed by atoms with Crippen molar-refractivity contribution in [3.8, 4) is 5.75 Å². The summed E-state index contributed by atoms with van der Waals surface area (Å²) in [7, 11) is -5.67. The molecule has 1 aromatic carbocycles. The van der Waals surface area contributed by atoms with E-state index in [0.29, 0.717) is 3.57 Å². The van der Waals surface area contributed by atoms with Gasteiger partial charge in [0.1, 0.15) is 0 Å². The van der Waals surface area contributed by atoms with Gasteiger partial charge in [0.25, 0.3) is 0 Å². The van der Waals surface area contributed by atoms with Crippen molar-refractivity contribution in [3.05, 3.63) is 26.8 Å². The third-order valence-corrected chi connectivity index (χ3v) is 3.31. The van der Waals surface area contributed by atoms with E-state index >= 15 is 0 Å². The Morgan fingerprint density at radius 2 is 1.88 bits per heavy atom. The van der Waals surface area contributed by atoms with Crippen molar-refractivity contribution in [2.45, 2.75) is 5.51 Å². The number of alkyl halides is 3. The minimum Gasteiger partial charge on any atom is -0.374 e. The predicted molar refractivity (Wildman–Crippen MR) is 59.8 cm³/mol. The first-order valence-corrected chi connectivity index (χ1v) is 6.46. The average Bonchev–Trinajstić information content (AvgIpc) is 2.08. The van der Waals surface area contributed by atoms with Gasteiger partial charge >= 0.3 is 15.6 Å². The monoisotopic (exact) mass is 386 g/mol. The predicted octanol–water partition coefficient (Wildman–Crippen LogP) is 3.17. The molecule has 0 unspecified atom stereocenters. The largest absolute Gasteiger partial charge is 0.534 e. The summed E-state index contributed by atoms with van der Waals surface area (Å²) in [4.78, 5) is 0. The van der Waals surface area contributed by atoms with Gasteiger partial charge in [0.15, 0.2) is 5.75 Å². The lowest BCUT2D eigenvalue weighted by Crippen LogP contribution is -2.28. The molecule has 1 aromatic rings. The van der Waals surface area contributed by atoms with Crippen LogP contribution in [0.4, 0.5) is 13.2 Å². The van der Waals surface area contributed by atoms with Crippen molar-refractivity contribution in [1.29, 1.82) is 0 Å². The Bertz CT molecular complexity index is 500. The molecule has 0 bridgehead atoms. The van der Waals surface area contributed by atoms with Crippen molar-refractivity contribution in [2.24, 2.45) is 0 Å². The van der Waals surface area contributed by atoms with Gasteiger partial charge in [-0.25, -0.2) is 0 Å². The highest BCUT2D eigenvalue weighted by molar-refractivity contribution is 14.1. The fourth-order valence-corrected chi connectivity index (χ4v) is 2.12. The van der Waals surface area contributed by atoms with Crippen molar-refractivity contribution < 1.29 is 25.8 Å². The van der Waals surface area contributed by atoms with Crippen molar-refractivity contribution in [2.75, 3.05) is 0 Å². The third-order valence-electron chi connectivity index (χ3n) is 1.38. The zero-order chi connectivity index (χ0) is 12.6. The van der Waals surface area contributed by atoms with Gasteiger partial charge in [0.05, 0.1) is 5.02 Å². The van der Waals surface area contributed by atoms with Crippen molar-refractivity contribution in [3.63, 3.8) is 0 Å². The van der Waals surface area contributed by atoms with Crippen LogP contribution in [0.5, 0.6) is 5.75 Å². The Hall–Kier alpha value is -0.220. The molecule has 0 saturated heterocycles. The molecule has 9 heteroatoms. The summed E-state index contributed by atoms with van der Waals surface area (Å²) >= 11 is 7.39. The van der Waals surface area contributed by atoms with Gasteiger partial charge in [-0.05, 0) is 40.8 Å². The van der Waals surface area contributed by atoms with Gasteiger partial charge in [0.2, 0.25) is 0 Å². The van der Waals surface area contributed by atoms with Gasteiger partial charge in [-0.1, -0.05) is 11.6 Å². The number of rotatable bonds is 2. The van der Waals surface area contributed by atoms with E-state index in [9.17, 15) is 21.6 Å². The molecule has 90 valence electrons. The number of benzene rings is 1. The van der Waals surface area contributed by atoms with Crippen LogP contribution in [0.15, 0.2) is 18.2 Å². The van der Waals surface area contributed by atoms with E-state index in [-0.39, 0.29) is 5.02 Å². The molecule has 0 atom stereocenters. The van der Waals surface area contributed by atoms with Crippen LogP contribution in [0.1, 0.15) is 0 Å². The summed E-state index contributed by atoms with van der Waals surface area (Å²) in [5.41, 5.74) is -5.47. The van der Waals surface area contributed by atoms with Crippen LogP contribution in [-0.4, -0.2) is 13.9 Å². The second-order valence-corrected chi connectivity index (χ2v) is 5.75. The van der Waals surface area contributed by atoms with Crippen LogP contribution < -0.4 is 4.18 Å². The fourth-order valence-electron chi connectivity index (χ4n) is 0.708. The van der Waals surface area contributed by atoms with Crippen LogP contribution in [0.2, 0.25) is 5.02 Å². The lowest BCUT2D eigenvalue weighted by molar-refractivity contribution is -0.0500. The molecule has 0 aromatic heterocycles. The highest BCUT2D eigenvalue weighted by Crippen LogP contribution is 2.32. The fraction of sp³-hybridized carbons (Fsp3) is 0.143. The van der Waals surface area contributed by atoms with Crippen molar-refractivity contribution in [1.82, 2.24) is 0 Å². The zero-order valence-electron chi connectivity index (χ0n) is 7.25. The van der Waals surface area contributed by atoms with Gasteiger partial charge in [-0.15, -0.1) is 0 Å². The lowest BCUT2D eigenvalue weighted by Gasteiger charge is -2.10. The van der Waals surface area contributed by atoms with Gasteiger partial charge in [-0.2, -0.15) is 21.6 Å². The molecular weight excluding hydrogens is 383 g/mol.